The van der Waals surface area contributed by atoms with E-state index in [1.807, 2.05) is 31.2 Å². The van der Waals surface area contributed by atoms with Gasteiger partial charge >= 0.3 is 0 Å². The minimum absolute atomic E-state index is 0.121. The van der Waals surface area contributed by atoms with Crippen molar-refractivity contribution in [2.24, 2.45) is 5.92 Å². The molecule has 2 aliphatic heterocycles. The quantitative estimate of drug-likeness (QED) is 0.718. The van der Waals surface area contributed by atoms with E-state index in [1.54, 1.807) is 13.0 Å². The van der Waals surface area contributed by atoms with Crippen LogP contribution in [0.25, 0.3) is 0 Å². The molecule has 9 heteroatoms. The summed E-state index contributed by atoms with van der Waals surface area (Å²) < 4.78 is 33.6. The number of amides is 2. The third-order valence-corrected chi connectivity index (χ3v) is 7.89. The zero-order valence-corrected chi connectivity index (χ0v) is 19.0. The Labute approximate surface area is 188 Å². The number of benzene rings is 2. The lowest BCUT2D eigenvalue weighted by Crippen LogP contribution is -2.43. The van der Waals surface area contributed by atoms with E-state index >= 15 is 0 Å². The third-order valence-electron chi connectivity index (χ3n) is 5.89. The van der Waals surface area contributed by atoms with Crippen LogP contribution < -0.4 is 15.4 Å². The standard InChI is InChI=1S/C23H27N3O5S/c1-3-16-6-4-8-18(11-16)24-23(28)17-7-5-9-26(13-17)32(29,30)21-12-20-19(10-15(21)2)25-22(27)14-31-20/h4,6,8,10-12,17H,3,5,7,9,13-14H2,1-2H3,(H,24,28)(H,25,27)/t17-/m1/s1. The summed E-state index contributed by atoms with van der Waals surface area (Å²) in [5.74, 6) is -0.554. The maximum atomic E-state index is 13.4. The van der Waals surface area contributed by atoms with Gasteiger partial charge in [-0.3, -0.25) is 9.59 Å². The van der Waals surface area contributed by atoms with E-state index in [4.69, 9.17) is 4.74 Å². The van der Waals surface area contributed by atoms with Gasteiger partial charge in [0.1, 0.15) is 5.75 Å². The second kappa shape index (κ2) is 8.91. The van der Waals surface area contributed by atoms with E-state index in [0.717, 1.165) is 17.7 Å². The topological polar surface area (TPSA) is 105 Å². The van der Waals surface area contributed by atoms with Crippen LogP contribution in [-0.2, 0) is 26.0 Å². The molecule has 0 bridgehead atoms. The number of ether oxygens (including phenoxy) is 1. The van der Waals surface area contributed by atoms with Crippen molar-refractivity contribution in [1.82, 2.24) is 4.31 Å². The molecular weight excluding hydrogens is 430 g/mol. The van der Waals surface area contributed by atoms with Gasteiger partial charge in [0, 0.05) is 24.8 Å². The molecular formula is C23H27N3O5S. The van der Waals surface area contributed by atoms with Crippen LogP contribution in [0.3, 0.4) is 0 Å². The number of carbonyl (C=O) groups excluding carboxylic acids is 2. The average Bonchev–Trinajstić information content (AvgIpc) is 2.78. The molecule has 0 radical (unpaired) electrons. The summed E-state index contributed by atoms with van der Waals surface area (Å²) >= 11 is 0. The molecule has 2 N–H and O–H groups in total. The van der Waals surface area contributed by atoms with E-state index in [2.05, 4.69) is 10.6 Å². The Balaban J connectivity index is 1.52. The normalized spacial score (nSPS) is 18.9. The molecule has 2 heterocycles. The Morgan fingerprint density at radius 3 is 2.88 bits per heavy atom. The van der Waals surface area contributed by atoms with Crippen LogP contribution in [0.1, 0.15) is 30.9 Å². The van der Waals surface area contributed by atoms with Gasteiger partial charge < -0.3 is 15.4 Å². The number of piperidine rings is 1. The molecule has 32 heavy (non-hydrogen) atoms. The predicted molar refractivity (Wildman–Crippen MR) is 121 cm³/mol. The Bertz CT molecular complexity index is 1160. The largest absolute Gasteiger partial charge is 0.482 e. The molecule has 170 valence electrons. The highest BCUT2D eigenvalue weighted by Gasteiger charge is 2.35. The van der Waals surface area contributed by atoms with Crippen LogP contribution in [0, 0.1) is 12.8 Å². The molecule has 1 atom stereocenters. The summed E-state index contributed by atoms with van der Waals surface area (Å²) in [6.45, 7) is 4.05. The second-order valence-corrected chi connectivity index (χ2v) is 10.1. The zero-order chi connectivity index (χ0) is 22.9. The molecule has 2 aromatic rings. The number of rotatable bonds is 5. The summed E-state index contributed by atoms with van der Waals surface area (Å²) in [5.41, 5.74) is 2.82. The van der Waals surface area contributed by atoms with Gasteiger partial charge in [-0.25, -0.2) is 8.42 Å². The van der Waals surface area contributed by atoms with Crippen LogP contribution in [0.15, 0.2) is 41.3 Å². The van der Waals surface area contributed by atoms with Gasteiger partial charge in [-0.15, -0.1) is 0 Å². The van der Waals surface area contributed by atoms with E-state index in [0.29, 0.717) is 36.4 Å². The highest BCUT2D eigenvalue weighted by atomic mass is 32.2. The first kappa shape index (κ1) is 22.3. The first-order valence-electron chi connectivity index (χ1n) is 10.7. The van der Waals surface area contributed by atoms with Gasteiger partial charge in [-0.1, -0.05) is 19.1 Å². The SMILES string of the molecule is CCc1cccc(NC(=O)[C@@H]2CCCN(S(=O)(=O)c3cc4c(cc3C)NC(=O)CO4)C2)c1. The number of carbonyl (C=O) groups is 2. The molecule has 0 aliphatic carbocycles. The van der Waals surface area contributed by atoms with Crippen molar-refractivity contribution in [3.8, 4) is 5.75 Å². The Kier molecular flexibility index (Phi) is 6.21. The molecule has 0 aromatic heterocycles. The van der Waals surface area contributed by atoms with Crippen LogP contribution in [0.4, 0.5) is 11.4 Å². The summed E-state index contributed by atoms with van der Waals surface area (Å²) in [4.78, 5) is 24.5. The van der Waals surface area contributed by atoms with Crippen LogP contribution in [0.2, 0.25) is 0 Å². The summed E-state index contributed by atoms with van der Waals surface area (Å²) in [6.07, 6.45) is 2.10. The predicted octanol–water partition coefficient (Wildman–Crippen LogP) is 2.93. The highest BCUT2D eigenvalue weighted by Crippen LogP contribution is 2.35. The Hall–Kier alpha value is -2.91. The summed E-state index contributed by atoms with van der Waals surface area (Å²) in [6, 6.07) is 10.7. The highest BCUT2D eigenvalue weighted by molar-refractivity contribution is 7.89. The number of fused-ring (bicyclic) bond motifs is 1. The minimum Gasteiger partial charge on any atom is -0.482 e. The fraction of sp³-hybridized carbons (Fsp3) is 0.391. The van der Waals surface area contributed by atoms with Gasteiger partial charge in [-0.2, -0.15) is 4.31 Å². The third kappa shape index (κ3) is 4.49. The molecule has 0 spiro atoms. The van der Waals surface area contributed by atoms with Crippen molar-refractivity contribution in [1.29, 1.82) is 0 Å². The van der Waals surface area contributed by atoms with E-state index in [-0.39, 0.29) is 29.9 Å². The number of anilines is 2. The Morgan fingerprint density at radius 1 is 1.28 bits per heavy atom. The number of hydrogen-bond donors (Lipinski definition) is 2. The molecule has 2 aliphatic rings. The number of nitrogens with zero attached hydrogens (tertiary/aromatic N) is 1. The first-order valence-corrected chi connectivity index (χ1v) is 12.2. The van der Waals surface area contributed by atoms with Crippen molar-refractivity contribution in [3.63, 3.8) is 0 Å². The molecule has 8 nitrogen and oxygen atoms in total. The van der Waals surface area contributed by atoms with Crippen LogP contribution >= 0.6 is 0 Å². The lowest BCUT2D eigenvalue weighted by molar-refractivity contribution is -0.121. The molecule has 1 saturated heterocycles. The monoisotopic (exact) mass is 457 g/mol. The fourth-order valence-electron chi connectivity index (χ4n) is 4.12. The number of sulfonamides is 1. The van der Waals surface area contributed by atoms with Crippen molar-refractivity contribution < 1.29 is 22.7 Å². The van der Waals surface area contributed by atoms with Gasteiger partial charge in [-0.05, 0) is 55.5 Å². The molecule has 2 amide bonds. The molecule has 2 aromatic carbocycles. The smallest absolute Gasteiger partial charge is 0.262 e. The second-order valence-electron chi connectivity index (χ2n) is 8.20. The zero-order valence-electron chi connectivity index (χ0n) is 18.2. The molecule has 4 rings (SSSR count). The van der Waals surface area contributed by atoms with Gasteiger partial charge in [0.15, 0.2) is 6.61 Å². The van der Waals surface area contributed by atoms with Gasteiger partial charge in [0.25, 0.3) is 5.91 Å². The van der Waals surface area contributed by atoms with Gasteiger partial charge in [0.05, 0.1) is 16.5 Å². The fourth-order valence-corrected chi connectivity index (χ4v) is 5.87. The van der Waals surface area contributed by atoms with Crippen LogP contribution in [0.5, 0.6) is 5.75 Å². The first-order chi connectivity index (χ1) is 15.3. The van der Waals surface area contributed by atoms with E-state index in [1.165, 1.54) is 10.4 Å². The maximum absolute atomic E-state index is 13.4. The lowest BCUT2D eigenvalue weighted by atomic mass is 9.98. The molecule has 0 unspecified atom stereocenters. The maximum Gasteiger partial charge on any atom is 0.262 e. The summed E-state index contributed by atoms with van der Waals surface area (Å²) in [5, 5.41) is 5.62. The van der Waals surface area contributed by atoms with E-state index in [9.17, 15) is 18.0 Å². The van der Waals surface area contributed by atoms with Crippen molar-refractivity contribution in [2.75, 3.05) is 30.3 Å². The average molecular weight is 458 g/mol. The van der Waals surface area contributed by atoms with Crippen molar-refractivity contribution in [3.05, 3.63) is 47.5 Å². The molecule has 1 fully saturated rings. The van der Waals surface area contributed by atoms with Crippen molar-refractivity contribution in [2.45, 2.75) is 38.0 Å². The number of nitrogens with one attached hydrogen (secondary N) is 2. The number of hydrogen-bond acceptors (Lipinski definition) is 5. The summed E-state index contributed by atoms with van der Waals surface area (Å²) in [7, 11) is -3.83. The van der Waals surface area contributed by atoms with E-state index < -0.39 is 15.9 Å². The van der Waals surface area contributed by atoms with Gasteiger partial charge in [0.2, 0.25) is 15.9 Å². The van der Waals surface area contributed by atoms with Crippen LogP contribution in [-0.4, -0.2) is 44.2 Å². The Morgan fingerprint density at radius 2 is 2.09 bits per heavy atom. The minimum atomic E-state index is -3.83. The molecule has 0 saturated carbocycles. The van der Waals surface area contributed by atoms with Crippen molar-refractivity contribution >= 4 is 33.2 Å². The number of aryl methyl sites for hydroxylation is 2. The lowest BCUT2D eigenvalue weighted by Gasteiger charge is -2.32.